The van der Waals surface area contributed by atoms with E-state index in [0.717, 1.165) is 10.6 Å². The van der Waals surface area contributed by atoms with Crippen molar-refractivity contribution in [2.75, 3.05) is 17.1 Å². The quantitative estimate of drug-likeness (QED) is 0.775. The summed E-state index contributed by atoms with van der Waals surface area (Å²) in [7, 11) is -3.68. The van der Waals surface area contributed by atoms with E-state index in [4.69, 9.17) is 4.42 Å². The minimum Gasteiger partial charge on any atom is -0.459 e. The van der Waals surface area contributed by atoms with Gasteiger partial charge in [-0.25, -0.2) is 8.42 Å². The summed E-state index contributed by atoms with van der Waals surface area (Å²) in [5.41, 5.74) is 5.41. The number of benzene rings is 1. The molecule has 1 aromatic carbocycles. The van der Waals surface area contributed by atoms with E-state index in [1.54, 1.807) is 31.2 Å². The lowest BCUT2D eigenvalue weighted by atomic mass is 10.2. The summed E-state index contributed by atoms with van der Waals surface area (Å²) in [6.07, 6.45) is 2.33. The number of hydrogen-bond acceptors (Lipinski definition) is 5. The topological polar surface area (TPSA) is 109 Å². The number of nitrogens with zero attached hydrogens (tertiary/aromatic N) is 1. The van der Waals surface area contributed by atoms with Gasteiger partial charge in [0.25, 0.3) is 5.91 Å². The molecule has 0 radical (unpaired) electrons. The zero-order valence-electron chi connectivity index (χ0n) is 13.1. The summed E-state index contributed by atoms with van der Waals surface area (Å²) in [5.74, 6) is -1.31. The molecule has 0 bridgehead atoms. The van der Waals surface area contributed by atoms with Gasteiger partial charge in [-0.3, -0.25) is 24.7 Å². The fourth-order valence-electron chi connectivity index (χ4n) is 1.99. The van der Waals surface area contributed by atoms with Crippen molar-refractivity contribution >= 4 is 27.5 Å². The number of anilines is 1. The molecule has 1 heterocycles. The van der Waals surface area contributed by atoms with E-state index >= 15 is 0 Å². The largest absolute Gasteiger partial charge is 0.459 e. The van der Waals surface area contributed by atoms with E-state index in [1.807, 2.05) is 0 Å². The summed E-state index contributed by atoms with van der Waals surface area (Å²) >= 11 is 0. The maximum absolute atomic E-state index is 12.0. The van der Waals surface area contributed by atoms with Crippen LogP contribution in [0, 0.1) is 6.92 Å². The lowest BCUT2D eigenvalue weighted by Crippen LogP contribution is -2.47. The van der Waals surface area contributed by atoms with Gasteiger partial charge >= 0.3 is 5.91 Å². The summed E-state index contributed by atoms with van der Waals surface area (Å²) in [4.78, 5) is 23.7. The molecule has 2 amide bonds. The fraction of sp³-hybridized carbons (Fsp3) is 0.200. The van der Waals surface area contributed by atoms with E-state index in [-0.39, 0.29) is 5.76 Å². The second-order valence-electron chi connectivity index (χ2n) is 5.04. The number of sulfonamides is 1. The lowest BCUT2D eigenvalue weighted by molar-refractivity contribution is -0.120. The molecule has 0 spiro atoms. The van der Waals surface area contributed by atoms with Crippen LogP contribution in [0.2, 0.25) is 0 Å². The Morgan fingerprint density at radius 1 is 1.12 bits per heavy atom. The third-order valence-corrected chi connectivity index (χ3v) is 4.26. The number of rotatable bonds is 5. The van der Waals surface area contributed by atoms with E-state index in [0.29, 0.717) is 11.3 Å². The van der Waals surface area contributed by atoms with Crippen molar-refractivity contribution in [3.8, 4) is 0 Å². The van der Waals surface area contributed by atoms with Gasteiger partial charge < -0.3 is 4.42 Å². The molecule has 0 aliphatic heterocycles. The number of furan rings is 1. The van der Waals surface area contributed by atoms with Gasteiger partial charge in [-0.15, -0.1) is 0 Å². The number of hydrogen-bond donors (Lipinski definition) is 2. The molecule has 24 heavy (non-hydrogen) atoms. The summed E-state index contributed by atoms with van der Waals surface area (Å²) in [6.45, 7) is 1.27. The summed E-state index contributed by atoms with van der Waals surface area (Å²) in [5, 5.41) is 0. The van der Waals surface area contributed by atoms with Gasteiger partial charge in [-0.2, -0.15) is 0 Å². The highest BCUT2D eigenvalue weighted by molar-refractivity contribution is 7.92. The van der Waals surface area contributed by atoms with Gasteiger partial charge in [-0.1, -0.05) is 18.2 Å². The Bertz CT molecular complexity index is 831. The van der Waals surface area contributed by atoms with E-state index < -0.39 is 28.4 Å². The van der Waals surface area contributed by atoms with Crippen LogP contribution in [-0.4, -0.2) is 33.0 Å². The number of hydrazine groups is 1. The maximum atomic E-state index is 12.0. The molecular weight excluding hydrogens is 334 g/mol. The Morgan fingerprint density at radius 3 is 2.42 bits per heavy atom. The molecule has 2 N–H and O–H groups in total. The fourth-order valence-corrected chi connectivity index (χ4v) is 2.90. The first-order valence-corrected chi connectivity index (χ1v) is 8.80. The molecule has 128 valence electrons. The molecule has 0 atom stereocenters. The molecule has 2 rings (SSSR count). The third-order valence-electron chi connectivity index (χ3n) is 3.13. The molecule has 1 aromatic heterocycles. The Labute approximate surface area is 139 Å². The lowest BCUT2D eigenvalue weighted by Gasteiger charge is -2.23. The van der Waals surface area contributed by atoms with Crippen LogP contribution < -0.4 is 15.2 Å². The van der Waals surface area contributed by atoms with Crippen molar-refractivity contribution in [3.05, 3.63) is 54.0 Å². The summed E-state index contributed by atoms with van der Waals surface area (Å²) < 4.78 is 29.8. The number of carbonyl (C=O) groups excluding carboxylic acids is 2. The van der Waals surface area contributed by atoms with Gasteiger partial charge in [0.15, 0.2) is 5.76 Å². The standard InChI is InChI=1S/C15H17N3O5S/c1-11-6-3-4-7-12(11)18(24(2,21)22)10-14(19)16-17-15(20)13-8-5-9-23-13/h3-9H,10H2,1-2H3,(H,16,19)(H,17,20). The molecule has 9 heteroatoms. The van der Waals surface area contributed by atoms with Crippen molar-refractivity contribution in [1.82, 2.24) is 10.9 Å². The van der Waals surface area contributed by atoms with Crippen molar-refractivity contribution in [3.63, 3.8) is 0 Å². The van der Waals surface area contributed by atoms with Crippen LogP contribution in [0.15, 0.2) is 47.1 Å². The predicted octanol–water partition coefficient (Wildman–Crippen LogP) is 0.815. The van der Waals surface area contributed by atoms with E-state index in [2.05, 4.69) is 10.9 Å². The van der Waals surface area contributed by atoms with Crippen molar-refractivity contribution in [2.45, 2.75) is 6.92 Å². The Kier molecular flexibility index (Phi) is 5.24. The number of para-hydroxylation sites is 1. The number of carbonyl (C=O) groups is 2. The molecular formula is C15H17N3O5S. The maximum Gasteiger partial charge on any atom is 0.305 e. The number of nitrogens with one attached hydrogen (secondary N) is 2. The highest BCUT2D eigenvalue weighted by Crippen LogP contribution is 2.21. The average Bonchev–Trinajstić information content (AvgIpc) is 3.04. The second-order valence-corrected chi connectivity index (χ2v) is 6.94. The van der Waals surface area contributed by atoms with E-state index in [1.165, 1.54) is 18.4 Å². The minimum atomic E-state index is -3.68. The highest BCUT2D eigenvalue weighted by atomic mass is 32.2. The number of aryl methyl sites for hydroxylation is 1. The third kappa shape index (κ3) is 4.35. The van der Waals surface area contributed by atoms with Crippen LogP contribution in [0.1, 0.15) is 16.1 Å². The van der Waals surface area contributed by atoms with Crippen LogP contribution in [0.4, 0.5) is 5.69 Å². The van der Waals surface area contributed by atoms with Gasteiger partial charge in [0.1, 0.15) is 6.54 Å². The first-order valence-electron chi connectivity index (χ1n) is 6.95. The van der Waals surface area contributed by atoms with Gasteiger partial charge in [0.05, 0.1) is 18.2 Å². The van der Waals surface area contributed by atoms with E-state index in [9.17, 15) is 18.0 Å². The van der Waals surface area contributed by atoms with Crippen LogP contribution >= 0.6 is 0 Å². The first kappa shape index (κ1) is 17.5. The Morgan fingerprint density at radius 2 is 1.83 bits per heavy atom. The highest BCUT2D eigenvalue weighted by Gasteiger charge is 2.22. The molecule has 8 nitrogen and oxygen atoms in total. The van der Waals surface area contributed by atoms with Crippen LogP contribution in [0.5, 0.6) is 0 Å². The van der Waals surface area contributed by atoms with Gasteiger partial charge in [-0.05, 0) is 30.7 Å². The smallest absolute Gasteiger partial charge is 0.305 e. The van der Waals surface area contributed by atoms with Crippen molar-refractivity contribution in [2.24, 2.45) is 0 Å². The molecule has 0 saturated heterocycles. The normalized spacial score (nSPS) is 10.9. The van der Waals surface area contributed by atoms with Crippen molar-refractivity contribution in [1.29, 1.82) is 0 Å². The second kappa shape index (κ2) is 7.18. The molecule has 0 aliphatic carbocycles. The Balaban J connectivity index is 2.06. The van der Waals surface area contributed by atoms with Crippen LogP contribution in [0.3, 0.4) is 0 Å². The minimum absolute atomic E-state index is 0.0224. The zero-order valence-corrected chi connectivity index (χ0v) is 14.0. The number of amides is 2. The van der Waals surface area contributed by atoms with Crippen LogP contribution in [0.25, 0.3) is 0 Å². The molecule has 0 aliphatic rings. The molecule has 0 fully saturated rings. The monoisotopic (exact) mass is 351 g/mol. The van der Waals surface area contributed by atoms with Gasteiger partial charge in [0.2, 0.25) is 10.0 Å². The summed E-state index contributed by atoms with van der Waals surface area (Å²) in [6, 6.07) is 9.74. The molecule has 0 saturated carbocycles. The average molecular weight is 351 g/mol. The molecule has 2 aromatic rings. The van der Waals surface area contributed by atoms with Crippen molar-refractivity contribution < 1.29 is 22.4 Å². The Hall–Kier alpha value is -2.81. The van der Waals surface area contributed by atoms with Crippen LogP contribution in [-0.2, 0) is 14.8 Å². The first-order chi connectivity index (χ1) is 11.3. The predicted molar refractivity (Wildman–Crippen MR) is 87.7 cm³/mol. The molecule has 0 unspecified atom stereocenters. The zero-order chi connectivity index (χ0) is 17.7. The van der Waals surface area contributed by atoms with Gasteiger partial charge in [0, 0.05) is 0 Å². The SMILES string of the molecule is Cc1ccccc1N(CC(=O)NNC(=O)c1ccco1)S(C)(=O)=O.